The number of benzene rings is 3. The topological polar surface area (TPSA) is 105 Å². The van der Waals surface area contributed by atoms with Crippen molar-refractivity contribution < 1.29 is 27.5 Å². The average molecular weight is 663 g/mol. The molecule has 236 valence electrons. The number of ether oxygens (including phenoxy) is 2. The molecule has 2 amide bonds. The molecule has 0 unspecified atom stereocenters. The molecule has 1 fully saturated rings. The minimum atomic E-state index is -4.29. The molecule has 44 heavy (non-hydrogen) atoms. The molecule has 0 saturated heterocycles. The van der Waals surface area contributed by atoms with Gasteiger partial charge in [-0.3, -0.25) is 13.9 Å². The number of rotatable bonds is 12. The normalized spacial score (nSPS) is 14.4. The molecule has 1 aliphatic rings. The van der Waals surface area contributed by atoms with Crippen molar-refractivity contribution in [3.8, 4) is 11.5 Å². The molecule has 0 aromatic heterocycles. The quantitative estimate of drug-likeness (QED) is 0.253. The predicted molar refractivity (Wildman–Crippen MR) is 172 cm³/mol. The Balaban J connectivity index is 1.70. The Morgan fingerprint density at radius 2 is 1.61 bits per heavy atom. The lowest BCUT2D eigenvalue weighted by atomic mass is 9.95. The SMILES string of the molecule is COc1ccc(S(=O)(=O)N(CC(=O)N(Cc2ccc(Cl)cc2Cl)[C@H](C)C(=O)NC2CCCCC2)c2ccccc2)cc1OC. The van der Waals surface area contributed by atoms with Crippen molar-refractivity contribution in [3.05, 3.63) is 82.3 Å². The first-order valence-corrected chi connectivity index (χ1v) is 16.6. The van der Waals surface area contributed by atoms with E-state index in [1.54, 1.807) is 55.5 Å². The van der Waals surface area contributed by atoms with Gasteiger partial charge in [0.05, 0.1) is 24.8 Å². The number of carbonyl (C=O) groups is 2. The van der Waals surface area contributed by atoms with E-state index in [1.165, 1.54) is 37.3 Å². The summed E-state index contributed by atoms with van der Waals surface area (Å²) in [5.74, 6) is -0.322. The van der Waals surface area contributed by atoms with Crippen LogP contribution in [0.25, 0.3) is 0 Å². The van der Waals surface area contributed by atoms with Crippen LogP contribution in [-0.2, 0) is 26.2 Å². The summed E-state index contributed by atoms with van der Waals surface area (Å²) in [7, 11) is -1.43. The Hall–Kier alpha value is -3.47. The third-order valence-electron chi connectivity index (χ3n) is 7.74. The molecule has 0 heterocycles. The first-order chi connectivity index (χ1) is 21.0. The van der Waals surface area contributed by atoms with E-state index in [9.17, 15) is 18.0 Å². The van der Waals surface area contributed by atoms with Crippen LogP contribution < -0.4 is 19.1 Å². The molecule has 3 aromatic rings. The number of amides is 2. The number of nitrogens with one attached hydrogen (secondary N) is 1. The predicted octanol–water partition coefficient (Wildman–Crippen LogP) is 6.07. The molecule has 9 nitrogen and oxygen atoms in total. The minimum Gasteiger partial charge on any atom is -0.493 e. The lowest BCUT2D eigenvalue weighted by Crippen LogP contribution is -2.53. The number of halogens is 2. The molecule has 4 rings (SSSR count). The van der Waals surface area contributed by atoms with Crippen LogP contribution in [0.1, 0.15) is 44.6 Å². The van der Waals surface area contributed by atoms with E-state index in [2.05, 4.69) is 5.32 Å². The van der Waals surface area contributed by atoms with E-state index in [4.69, 9.17) is 32.7 Å². The molecule has 0 radical (unpaired) electrons. The fourth-order valence-electron chi connectivity index (χ4n) is 5.21. The van der Waals surface area contributed by atoms with Gasteiger partial charge >= 0.3 is 0 Å². The Labute approximate surface area is 269 Å². The molecule has 0 spiro atoms. The zero-order valence-corrected chi connectivity index (χ0v) is 27.3. The van der Waals surface area contributed by atoms with E-state index >= 15 is 0 Å². The third-order valence-corrected chi connectivity index (χ3v) is 10.1. The van der Waals surface area contributed by atoms with Gasteiger partial charge in [0.1, 0.15) is 12.6 Å². The van der Waals surface area contributed by atoms with E-state index in [-0.39, 0.29) is 34.8 Å². The van der Waals surface area contributed by atoms with Crippen LogP contribution in [-0.4, -0.2) is 58.0 Å². The lowest BCUT2D eigenvalue weighted by Gasteiger charge is -2.33. The summed E-state index contributed by atoms with van der Waals surface area (Å²) >= 11 is 12.6. The highest BCUT2D eigenvalue weighted by Crippen LogP contribution is 2.32. The lowest BCUT2D eigenvalue weighted by molar-refractivity contribution is -0.139. The fourth-order valence-corrected chi connectivity index (χ4v) is 7.11. The maximum Gasteiger partial charge on any atom is 0.264 e. The first kappa shape index (κ1) is 33.4. The standard InChI is InChI=1S/C32H37Cl2N3O6S/c1-22(32(39)35-25-10-6-4-7-11-25)36(20-23-14-15-24(33)18-28(23)34)31(38)21-37(26-12-8-5-9-13-26)44(40,41)27-16-17-29(42-2)30(19-27)43-3/h5,8-9,12-19,22,25H,4,6-7,10-11,20-21H2,1-3H3,(H,35,39)/t22-/m1/s1. The molecule has 0 bridgehead atoms. The molecular formula is C32H37Cl2N3O6S. The van der Waals surface area contributed by atoms with Gasteiger partial charge in [-0.05, 0) is 61.7 Å². The second-order valence-corrected chi connectivity index (χ2v) is 13.3. The van der Waals surface area contributed by atoms with Crippen molar-refractivity contribution in [2.45, 2.75) is 62.6 Å². The van der Waals surface area contributed by atoms with Crippen LogP contribution in [0.4, 0.5) is 5.69 Å². The van der Waals surface area contributed by atoms with Gasteiger partial charge in [0.15, 0.2) is 11.5 Å². The maximum atomic E-state index is 14.2. The Bertz CT molecular complexity index is 1570. The van der Waals surface area contributed by atoms with Gasteiger partial charge in [0.2, 0.25) is 11.8 Å². The van der Waals surface area contributed by atoms with Gasteiger partial charge in [0.25, 0.3) is 10.0 Å². The van der Waals surface area contributed by atoms with Gasteiger partial charge < -0.3 is 19.7 Å². The Morgan fingerprint density at radius 1 is 0.932 bits per heavy atom. The van der Waals surface area contributed by atoms with Gasteiger partial charge in [-0.1, -0.05) is 66.7 Å². The summed E-state index contributed by atoms with van der Waals surface area (Å²) in [6, 6.07) is 16.6. The number of hydrogen-bond donors (Lipinski definition) is 1. The molecule has 1 N–H and O–H groups in total. The summed E-state index contributed by atoms with van der Waals surface area (Å²) in [5, 5.41) is 3.84. The van der Waals surface area contributed by atoms with E-state index in [1.807, 2.05) is 0 Å². The van der Waals surface area contributed by atoms with Crippen LogP contribution in [0.15, 0.2) is 71.6 Å². The second kappa shape index (κ2) is 15.0. The summed E-state index contributed by atoms with van der Waals surface area (Å²) in [6.07, 6.45) is 4.94. The highest BCUT2D eigenvalue weighted by molar-refractivity contribution is 7.92. The third kappa shape index (κ3) is 7.97. The smallest absolute Gasteiger partial charge is 0.264 e. The van der Waals surface area contributed by atoms with E-state index < -0.39 is 28.5 Å². The summed E-state index contributed by atoms with van der Waals surface area (Å²) in [5.41, 5.74) is 0.843. The molecule has 0 aliphatic heterocycles. The van der Waals surface area contributed by atoms with Crippen LogP contribution in [0.2, 0.25) is 10.0 Å². The highest BCUT2D eigenvalue weighted by atomic mass is 35.5. The Kier molecular flexibility index (Phi) is 11.4. The molecule has 12 heteroatoms. The number of para-hydroxylation sites is 1. The first-order valence-electron chi connectivity index (χ1n) is 14.4. The van der Waals surface area contributed by atoms with Crippen molar-refractivity contribution in [2.75, 3.05) is 25.1 Å². The van der Waals surface area contributed by atoms with Crippen molar-refractivity contribution in [3.63, 3.8) is 0 Å². The van der Waals surface area contributed by atoms with Crippen LogP contribution in [0.5, 0.6) is 11.5 Å². The maximum absolute atomic E-state index is 14.2. The summed E-state index contributed by atoms with van der Waals surface area (Å²) < 4.78 is 39.9. The van der Waals surface area contributed by atoms with Crippen molar-refractivity contribution in [1.82, 2.24) is 10.2 Å². The minimum absolute atomic E-state index is 0.0287. The van der Waals surface area contributed by atoms with E-state index in [0.717, 1.165) is 36.4 Å². The second-order valence-electron chi connectivity index (χ2n) is 10.6. The average Bonchev–Trinajstić information content (AvgIpc) is 3.03. The molecule has 1 aliphatic carbocycles. The van der Waals surface area contributed by atoms with E-state index in [0.29, 0.717) is 21.4 Å². The Morgan fingerprint density at radius 3 is 2.25 bits per heavy atom. The van der Waals surface area contributed by atoms with Crippen molar-refractivity contribution in [1.29, 1.82) is 0 Å². The van der Waals surface area contributed by atoms with Crippen molar-refractivity contribution >= 4 is 50.7 Å². The monoisotopic (exact) mass is 661 g/mol. The molecular weight excluding hydrogens is 625 g/mol. The summed E-state index contributed by atoms with van der Waals surface area (Å²) in [6.45, 7) is 1.02. The number of anilines is 1. The zero-order valence-electron chi connectivity index (χ0n) is 25.0. The number of carbonyl (C=O) groups excluding carboxylic acids is 2. The number of sulfonamides is 1. The molecule has 3 aromatic carbocycles. The van der Waals surface area contributed by atoms with Gasteiger partial charge in [-0.25, -0.2) is 8.42 Å². The van der Waals surface area contributed by atoms with Crippen LogP contribution in [0.3, 0.4) is 0 Å². The van der Waals surface area contributed by atoms with Crippen LogP contribution >= 0.6 is 23.2 Å². The highest BCUT2D eigenvalue weighted by Gasteiger charge is 2.34. The van der Waals surface area contributed by atoms with Gasteiger partial charge in [-0.15, -0.1) is 0 Å². The van der Waals surface area contributed by atoms with Crippen LogP contribution in [0, 0.1) is 0 Å². The molecule has 1 atom stereocenters. The number of hydrogen-bond acceptors (Lipinski definition) is 6. The summed E-state index contributed by atoms with van der Waals surface area (Å²) in [4.78, 5) is 28.9. The zero-order chi connectivity index (χ0) is 31.9. The largest absolute Gasteiger partial charge is 0.493 e. The number of methoxy groups -OCH3 is 2. The van der Waals surface area contributed by atoms with Gasteiger partial charge in [0, 0.05) is 28.7 Å². The van der Waals surface area contributed by atoms with Crippen molar-refractivity contribution in [2.24, 2.45) is 0 Å². The van der Waals surface area contributed by atoms with Gasteiger partial charge in [-0.2, -0.15) is 0 Å². The number of nitrogens with zero attached hydrogens (tertiary/aromatic N) is 2. The fraction of sp³-hybridized carbons (Fsp3) is 0.375. The molecule has 1 saturated carbocycles.